The Morgan fingerprint density at radius 1 is 1.56 bits per heavy atom. The lowest BCUT2D eigenvalue weighted by Crippen LogP contribution is -2.07. The number of thioether (sulfide) groups is 1. The number of anilines is 2. The smallest absolute Gasteiger partial charge is 0.138 e. The van der Waals surface area contributed by atoms with Gasteiger partial charge in [-0.05, 0) is 28.7 Å². The standard InChI is InChI=1S/C11H14FIN2S/c1-2-4-16-5-3-15-11-6-8(12)9(13)7-10(11)14/h2,6-7,15H,1,3-5,14H2. The molecule has 0 amide bonds. The van der Waals surface area contributed by atoms with Gasteiger partial charge in [-0.3, -0.25) is 0 Å². The molecule has 3 N–H and O–H groups in total. The molecule has 0 heterocycles. The van der Waals surface area contributed by atoms with Gasteiger partial charge in [0.05, 0.1) is 14.9 Å². The van der Waals surface area contributed by atoms with Crippen molar-refractivity contribution in [1.82, 2.24) is 0 Å². The third-order valence-electron chi connectivity index (χ3n) is 1.89. The molecule has 0 bridgehead atoms. The number of nitrogens with one attached hydrogen (secondary N) is 1. The highest BCUT2D eigenvalue weighted by Crippen LogP contribution is 2.23. The lowest BCUT2D eigenvalue weighted by atomic mass is 10.2. The van der Waals surface area contributed by atoms with Crippen LogP contribution in [0.2, 0.25) is 0 Å². The number of hydrogen-bond donors (Lipinski definition) is 2. The summed E-state index contributed by atoms with van der Waals surface area (Å²) in [5.41, 5.74) is 7.02. The van der Waals surface area contributed by atoms with Crippen LogP contribution in [0.4, 0.5) is 15.8 Å². The molecule has 0 spiro atoms. The zero-order valence-corrected chi connectivity index (χ0v) is 11.8. The zero-order valence-electron chi connectivity index (χ0n) is 8.80. The van der Waals surface area contributed by atoms with Gasteiger partial charge in [0, 0.05) is 24.1 Å². The van der Waals surface area contributed by atoms with Gasteiger partial charge >= 0.3 is 0 Å². The van der Waals surface area contributed by atoms with Crippen molar-refractivity contribution in [3.05, 3.63) is 34.2 Å². The fourth-order valence-corrected chi connectivity index (χ4v) is 2.21. The first kappa shape index (κ1) is 13.6. The van der Waals surface area contributed by atoms with Crippen LogP contribution in [0.1, 0.15) is 0 Å². The fourth-order valence-electron chi connectivity index (χ4n) is 1.14. The molecule has 0 saturated carbocycles. The van der Waals surface area contributed by atoms with Crippen LogP contribution in [0.5, 0.6) is 0 Å². The minimum absolute atomic E-state index is 0.240. The van der Waals surface area contributed by atoms with Crippen LogP contribution in [-0.4, -0.2) is 18.1 Å². The Labute approximate surface area is 113 Å². The molecule has 0 aliphatic heterocycles. The summed E-state index contributed by atoms with van der Waals surface area (Å²) >= 11 is 3.69. The SMILES string of the molecule is C=CCSCCNc1cc(F)c(I)cc1N. The predicted octanol–water partition coefficient (Wildman–Crippen LogP) is 3.34. The normalized spacial score (nSPS) is 10.1. The van der Waals surface area contributed by atoms with E-state index in [1.54, 1.807) is 17.8 Å². The van der Waals surface area contributed by atoms with Gasteiger partial charge in [-0.25, -0.2) is 4.39 Å². The number of benzene rings is 1. The number of halogens is 2. The molecule has 0 aromatic heterocycles. The van der Waals surface area contributed by atoms with Gasteiger partial charge in [0.2, 0.25) is 0 Å². The summed E-state index contributed by atoms with van der Waals surface area (Å²) < 4.78 is 13.8. The first-order valence-electron chi connectivity index (χ1n) is 4.82. The van der Waals surface area contributed by atoms with Crippen LogP contribution in [0.3, 0.4) is 0 Å². The molecule has 0 fully saturated rings. The molecule has 1 aromatic rings. The van der Waals surface area contributed by atoms with Crippen LogP contribution in [0.15, 0.2) is 24.8 Å². The van der Waals surface area contributed by atoms with Crippen LogP contribution in [0.25, 0.3) is 0 Å². The first-order valence-corrected chi connectivity index (χ1v) is 7.05. The highest BCUT2D eigenvalue weighted by atomic mass is 127. The molecular formula is C11H14FIN2S. The van der Waals surface area contributed by atoms with E-state index < -0.39 is 0 Å². The monoisotopic (exact) mass is 352 g/mol. The highest BCUT2D eigenvalue weighted by molar-refractivity contribution is 14.1. The van der Waals surface area contributed by atoms with Crippen molar-refractivity contribution in [2.45, 2.75) is 0 Å². The summed E-state index contributed by atoms with van der Waals surface area (Å²) in [6, 6.07) is 3.07. The second kappa shape index (κ2) is 7.01. The average Bonchev–Trinajstić information content (AvgIpc) is 2.25. The summed E-state index contributed by atoms with van der Waals surface area (Å²) in [6.07, 6.45) is 1.86. The second-order valence-corrected chi connectivity index (χ2v) is 5.46. The van der Waals surface area contributed by atoms with E-state index in [0.717, 1.165) is 18.1 Å². The van der Waals surface area contributed by atoms with Gasteiger partial charge in [-0.2, -0.15) is 11.8 Å². The van der Waals surface area contributed by atoms with Gasteiger partial charge < -0.3 is 11.1 Å². The van der Waals surface area contributed by atoms with Gasteiger partial charge in [0.25, 0.3) is 0 Å². The second-order valence-electron chi connectivity index (χ2n) is 3.14. The Kier molecular flexibility index (Phi) is 5.97. The minimum Gasteiger partial charge on any atom is -0.397 e. The third-order valence-corrected chi connectivity index (χ3v) is 3.68. The molecule has 5 heteroatoms. The van der Waals surface area contributed by atoms with Gasteiger partial charge in [0.15, 0.2) is 0 Å². The summed E-state index contributed by atoms with van der Waals surface area (Å²) in [5, 5.41) is 3.12. The molecule has 2 nitrogen and oxygen atoms in total. The van der Waals surface area contributed by atoms with E-state index >= 15 is 0 Å². The summed E-state index contributed by atoms with van der Waals surface area (Å²) in [7, 11) is 0. The maximum Gasteiger partial charge on any atom is 0.138 e. The molecule has 0 radical (unpaired) electrons. The van der Waals surface area contributed by atoms with Crippen molar-refractivity contribution in [3.63, 3.8) is 0 Å². The van der Waals surface area contributed by atoms with Crippen LogP contribution in [-0.2, 0) is 0 Å². The molecule has 1 rings (SSSR count). The Morgan fingerprint density at radius 3 is 3.00 bits per heavy atom. The number of nitrogen functional groups attached to an aromatic ring is 1. The lowest BCUT2D eigenvalue weighted by Gasteiger charge is -2.09. The maximum atomic E-state index is 13.3. The molecule has 0 aliphatic rings. The first-order chi connectivity index (χ1) is 7.65. The van der Waals surface area contributed by atoms with E-state index in [1.807, 2.05) is 28.7 Å². The highest BCUT2D eigenvalue weighted by Gasteiger charge is 2.04. The van der Waals surface area contributed by atoms with E-state index in [2.05, 4.69) is 11.9 Å². The van der Waals surface area contributed by atoms with Crippen molar-refractivity contribution in [3.8, 4) is 0 Å². The number of nitrogens with two attached hydrogens (primary N) is 1. The molecule has 0 aliphatic carbocycles. The van der Waals surface area contributed by atoms with Gasteiger partial charge in [-0.15, -0.1) is 6.58 Å². The van der Waals surface area contributed by atoms with Crippen molar-refractivity contribution < 1.29 is 4.39 Å². The number of rotatable bonds is 6. The molecule has 1 aromatic carbocycles. The van der Waals surface area contributed by atoms with Crippen molar-refractivity contribution in [1.29, 1.82) is 0 Å². The fraction of sp³-hybridized carbons (Fsp3) is 0.273. The van der Waals surface area contributed by atoms with Crippen LogP contribution < -0.4 is 11.1 Å². The largest absolute Gasteiger partial charge is 0.397 e. The van der Waals surface area contributed by atoms with Gasteiger partial charge in [-0.1, -0.05) is 6.08 Å². The summed E-state index contributed by atoms with van der Waals surface area (Å²) in [4.78, 5) is 0. The molecular weight excluding hydrogens is 338 g/mol. The average molecular weight is 352 g/mol. The molecule has 0 unspecified atom stereocenters. The number of hydrogen-bond acceptors (Lipinski definition) is 3. The van der Waals surface area contributed by atoms with E-state index in [4.69, 9.17) is 5.73 Å². The maximum absolute atomic E-state index is 13.3. The quantitative estimate of drug-likeness (QED) is 0.357. The molecule has 88 valence electrons. The molecule has 0 saturated heterocycles. The minimum atomic E-state index is -0.240. The third kappa shape index (κ3) is 4.21. The zero-order chi connectivity index (χ0) is 12.0. The van der Waals surface area contributed by atoms with E-state index in [9.17, 15) is 4.39 Å². The topological polar surface area (TPSA) is 38.0 Å². The van der Waals surface area contributed by atoms with Crippen molar-refractivity contribution in [2.24, 2.45) is 0 Å². The van der Waals surface area contributed by atoms with Crippen LogP contribution >= 0.6 is 34.4 Å². The van der Waals surface area contributed by atoms with Crippen molar-refractivity contribution >= 4 is 45.7 Å². The van der Waals surface area contributed by atoms with E-state index in [-0.39, 0.29) is 5.82 Å². The van der Waals surface area contributed by atoms with Gasteiger partial charge in [0.1, 0.15) is 5.82 Å². The lowest BCUT2D eigenvalue weighted by molar-refractivity contribution is 0.621. The Balaban J connectivity index is 2.47. The summed E-state index contributed by atoms with van der Waals surface area (Å²) in [5.74, 6) is 1.63. The van der Waals surface area contributed by atoms with E-state index in [0.29, 0.717) is 14.9 Å². The Morgan fingerprint density at radius 2 is 2.31 bits per heavy atom. The summed E-state index contributed by atoms with van der Waals surface area (Å²) in [6.45, 7) is 4.41. The van der Waals surface area contributed by atoms with Crippen molar-refractivity contribution in [2.75, 3.05) is 29.1 Å². The Bertz CT molecular complexity index is 371. The molecule has 0 atom stereocenters. The van der Waals surface area contributed by atoms with E-state index in [1.165, 1.54) is 6.07 Å². The molecule has 16 heavy (non-hydrogen) atoms. The Hall–Kier alpha value is -0.430. The predicted molar refractivity (Wildman–Crippen MR) is 79.5 cm³/mol. The van der Waals surface area contributed by atoms with Crippen LogP contribution in [0, 0.1) is 9.39 Å².